The smallest absolute Gasteiger partial charge is 0.142 e. The summed E-state index contributed by atoms with van der Waals surface area (Å²) in [5.74, 6) is 0. The van der Waals surface area contributed by atoms with Crippen molar-refractivity contribution >= 4 is 6.29 Å². The van der Waals surface area contributed by atoms with Crippen molar-refractivity contribution in [2.45, 2.75) is 13.8 Å². The van der Waals surface area contributed by atoms with E-state index in [4.69, 9.17) is 0 Å². The third-order valence-electron chi connectivity index (χ3n) is 0.989. The summed E-state index contributed by atoms with van der Waals surface area (Å²) < 4.78 is 0. The predicted molar refractivity (Wildman–Crippen MR) is 43.8 cm³/mol. The van der Waals surface area contributed by atoms with Crippen molar-refractivity contribution in [3.05, 3.63) is 36.0 Å². The molecule has 0 atom stereocenters. The molecule has 0 aromatic rings. The van der Waals surface area contributed by atoms with E-state index < -0.39 is 0 Å². The molecule has 0 fully saturated rings. The van der Waals surface area contributed by atoms with Crippen LogP contribution in [0.3, 0.4) is 0 Å². The largest absolute Gasteiger partial charge is 0.299 e. The van der Waals surface area contributed by atoms with Crippen LogP contribution < -0.4 is 0 Å². The minimum absolute atomic E-state index is 0.771. The maximum absolute atomic E-state index is 9.85. The van der Waals surface area contributed by atoms with Crippen LogP contribution in [-0.4, -0.2) is 6.29 Å². The van der Waals surface area contributed by atoms with Gasteiger partial charge in [-0.3, -0.25) is 4.79 Å². The van der Waals surface area contributed by atoms with Gasteiger partial charge in [0.25, 0.3) is 0 Å². The first-order chi connectivity index (χ1) is 4.81. The number of carbonyl (C=O) groups excluding carboxylic acids is 1. The predicted octanol–water partition coefficient (Wildman–Crippen LogP) is 2.26. The molecular formula is C9H12O. The zero-order valence-corrected chi connectivity index (χ0v) is 6.37. The van der Waals surface area contributed by atoms with Crippen molar-refractivity contribution < 1.29 is 4.79 Å². The summed E-state index contributed by atoms with van der Waals surface area (Å²) in [6.07, 6.45) is 9.85. The molecule has 0 amide bonds. The minimum atomic E-state index is 0.771. The Balaban J connectivity index is 3.93. The fourth-order valence-corrected chi connectivity index (χ4v) is 0.495. The third kappa shape index (κ3) is 5.04. The number of hydrogen-bond acceptors (Lipinski definition) is 1. The highest BCUT2D eigenvalue weighted by Gasteiger charge is 1.74. The highest BCUT2D eigenvalue weighted by molar-refractivity contribution is 5.65. The molecule has 1 heteroatoms. The van der Waals surface area contributed by atoms with Gasteiger partial charge in [0.05, 0.1) is 0 Å². The first-order valence-corrected chi connectivity index (χ1v) is 3.22. The Morgan fingerprint density at radius 2 is 2.00 bits per heavy atom. The van der Waals surface area contributed by atoms with E-state index >= 15 is 0 Å². The van der Waals surface area contributed by atoms with Crippen LogP contribution in [0.5, 0.6) is 0 Å². The molecule has 0 aliphatic carbocycles. The molecule has 0 unspecified atom stereocenters. The second kappa shape index (κ2) is 6.02. The van der Waals surface area contributed by atoms with Crippen LogP contribution in [-0.2, 0) is 4.79 Å². The zero-order valence-electron chi connectivity index (χ0n) is 6.37. The monoisotopic (exact) mass is 136 g/mol. The minimum Gasteiger partial charge on any atom is -0.299 e. The SMILES string of the molecule is C\C=C/C=C(C)/C=C\C=O. The summed E-state index contributed by atoms with van der Waals surface area (Å²) >= 11 is 0. The van der Waals surface area contributed by atoms with Crippen molar-refractivity contribution in [2.24, 2.45) is 0 Å². The lowest BCUT2D eigenvalue weighted by Gasteiger charge is -1.83. The highest BCUT2D eigenvalue weighted by atomic mass is 16.1. The highest BCUT2D eigenvalue weighted by Crippen LogP contribution is 1.93. The lowest BCUT2D eigenvalue weighted by atomic mass is 10.2. The molecule has 0 saturated heterocycles. The first-order valence-electron chi connectivity index (χ1n) is 3.22. The maximum atomic E-state index is 9.85. The number of aldehydes is 1. The average molecular weight is 136 g/mol. The van der Waals surface area contributed by atoms with Crippen LogP contribution in [0.15, 0.2) is 36.0 Å². The van der Waals surface area contributed by atoms with Crippen LogP contribution in [0.4, 0.5) is 0 Å². The standard InChI is InChI=1S/C9H12O/c1-3-4-6-9(2)7-5-8-10/h3-8H,1-2H3/b4-3-,7-5-,9-6+. The number of carbonyl (C=O) groups is 1. The van der Waals surface area contributed by atoms with E-state index in [0.29, 0.717) is 0 Å². The number of rotatable bonds is 3. The molecule has 0 aliphatic rings. The Kier molecular flexibility index (Phi) is 5.35. The van der Waals surface area contributed by atoms with Crippen LogP contribution in [0, 0.1) is 0 Å². The van der Waals surface area contributed by atoms with Crippen molar-refractivity contribution in [2.75, 3.05) is 0 Å². The fraction of sp³-hybridized carbons (Fsp3) is 0.222. The van der Waals surface area contributed by atoms with E-state index in [9.17, 15) is 4.79 Å². The second-order valence-electron chi connectivity index (χ2n) is 1.93. The normalized spacial score (nSPS) is 13.2. The summed E-state index contributed by atoms with van der Waals surface area (Å²) in [5.41, 5.74) is 1.07. The van der Waals surface area contributed by atoms with E-state index in [0.717, 1.165) is 11.9 Å². The van der Waals surface area contributed by atoms with E-state index in [1.165, 1.54) is 6.08 Å². The van der Waals surface area contributed by atoms with E-state index in [-0.39, 0.29) is 0 Å². The molecule has 0 N–H and O–H groups in total. The third-order valence-corrected chi connectivity index (χ3v) is 0.989. The lowest BCUT2D eigenvalue weighted by Crippen LogP contribution is -1.66. The van der Waals surface area contributed by atoms with Gasteiger partial charge in [-0.2, -0.15) is 0 Å². The van der Waals surface area contributed by atoms with Gasteiger partial charge in [0.15, 0.2) is 0 Å². The summed E-state index contributed by atoms with van der Waals surface area (Å²) in [5, 5.41) is 0. The Morgan fingerprint density at radius 1 is 1.30 bits per heavy atom. The molecule has 0 rings (SSSR count). The van der Waals surface area contributed by atoms with E-state index in [1.54, 1.807) is 6.08 Å². The molecule has 0 aromatic heterocycles. The van der Waals surface area contributed by atoms with E-state index in [1.807, 2.05) is 32.1 Å². The topological polar surface area (TPSA) is 17.1 Å². The van der Waals surface area contributed by atoms with Gasteiger partial charge in [0.1, 0.15) is 6.29 Å². The van der Waals surface area contributed by atoms with Gasteiger partial charge >= 0.3 is 0 Å². The molecule has 0 bridgehead atoms. The summed E-state index contributed by atoms with van der Waals surface area (Å²) in [4.78, 5) is 9.85. The number of allylic oxidation sites excluding steroid dienone is 6. The van der Waals surface area contributed by atoms with Gasteiger partial charge in [-0.25, -0.2) is 0 Å². The molecule has 0 aliphatic heterocycles. The molecule has 0 saturated carbocycles. The molecule has 0 radical (unpaired) electrons. The van der Waals surface area contributed by atoms with Gasteiger partial charge < -0.3 is 0 Å². The van der Waals surface area contributed by atoms with Gasteiger partial charge in [-0.05, 0) is 19.9 Å². The number of hydrogen-bond donors (Lipinski definition) is 0. The molecule has 0 aromatic carbocycles. The molecule has 0 spiro atoms. The quantitative estimate of drug-likeness (QED) is 0.330. The summed E-state index contributed by atoms with van der Waals surface area (Å²) in [6.45, 7) is 3.90. The van der Waals surface area contributed by atoms with Gasteiger partial charge in [-0.1, -0.05) is 29.9 Å². The molecule has 54 valence electrons. The van der Waals surface area contributed by atoms with Crippen molar-refractivity contribution in [1.29, 1.82) is 0 Å². The van der Waals surface area contributed by atoms with Crippen molar-refractivity contribution in [3.63, 3.8) is 0 Å². The maximum Gasteiger partial charge on any atom is 0.142 e. The van der Waals surface area contributed by atoms with E-state index in [2.05, 4.69) is 0 Å². The first kappa shape index (κ1) is 8.89. The Labute approximate surface area is 61.8 Å². The van der Waals surface area contributed by atoms with Crippen LogP contribution >= 0.6 is 0 Å². The average Bonchev–Trinajstić information content (AvgIpc) is 1.97. The molecule has 0 heterocycles. The van der Waals surface area contributed by atoms with Crippen LogP contribution in [0.1, 0.15) is 13.8 Å². The van der Waals surface area contributed by atoms with Crippen molar-refractivity contribution in [3.8, 4) is 0 Å². The van der Waals surface area contributed by atoms with Crippen LogP contribution in [0.25, 0.3) is 0 Å². The van der Waals surface area contributed by atoms with Gasteiger partial charge in [-0.15, -0.1) is 0 Å². The summed E-state index contributed by atoms with van der Waals surface area (Å²) in [7, 11) is 0. The fourth-order valence-electron chi connectivity index (χ4n) is 0.495. The Hall–Kier alpha value is -1.11. The summed E-state index contributed by atoms with van der Waals surface area (Å²) in [6, 6.07) is 0. The van der Waals surface area contributed by atoms with Gasteiger partial charge in [0.2, 0.25) is 0 Å². The zero-order chi connectivity index (χ0) is 7.82. The second-order valence-corrected chi connectivity index (χ2v) is 1.93. The van der Waals surface area contributed by atoms with Gasteiger partial charge in [0, 0.05) is 0 Å². The van der Waals surface area contributed by atoms with Crippen LogP contribution in [0.2, 0.25) is 0 Å². The molecular weight excluding hydrogens is 124 g/mol. The Bertz CT molecular complexity index is 173. The molecule has 10 heavy (non-hydrogen) atoms. The lowest BCUT2D eigenvalue weighted by molar-refractivity contribution is -0.104. The Morgan fingerprint density at radius 3 is 2.50 bits per heavy atom. The molecule has 1 nitrogen and oxygen atoms in total. The van der Waals surface area contributed by atoms with Crippen molar-refractivity contribution in [1.82, 2.24) is 0 Å².